The summed E-state index contributed by atoms with van der Waals surface area (Å²) in [5.41, 5.74) is 0.285. The Labute approximate surface area is 123 Å². The number of piperidine rings is 3. The molecule has 3 aliphatic rings. The van der Waals surface area contributed by atoms with Gasteiger partial charge in [-0.05, 0) is 44.8 Å². The molecule has 4 rings (SSSR count). The molecule has 0 aliphatic carbocycles. The first-order chi connectivity index (χ1) is 10.2. The van der Waals surface area contributed by atoms with Gasteiger partial charge in [-0.2, -0.15) is 0 Å². The summed E-state index contributed by atoms with van der Waals surface area (Å²) >= 11 is 0. The molecule has 0 radical (unpaired) electrons. The van der Waals surface area contributed by atoms with Gasteiger partial charge in [0.15, 0.2) is 0 Å². The highest BCUT2D eigenvalue weighted by Gasteiger charge is 2.35. The number of pyridine rings is 1. The van der Waals surface area contributed by atoms with Crippen LogP contribution in [0.2, 0.25) is 0 Å². The lowest BCUT2D eigenvalue weighted by Gasteiger charge is -2.44. The number of aromatic nitrogens is 1. The second kappa shape index (κ2) is 5.97. The van der Waals surface area contributed by atoms with Crippen molar-refractivity contribution < 1.29 is 9.18 Å². The van der Waals surface area contributed by atoms with Gasteiger partial charge in [0, 0.05) is 19.1 Å². The Balaban J connectivity index is 1.74. The smallest absolute Gasteiger partial charge is 0.255 e. The van der Waals surface area contributed by atoms with Crippen LogP contribution in [0.25, 0.3) is 0 Å². The number of anilines is 1. The second-order valence-electron chi connectivity index (χ2n) is 5.80. The molecule has 1 amide bonds. The molecule has 21 heavy (non-hydrogen) atoms. The van der Waals surface area contributed by atoms with E-state index < -0.39 is 5.82 Å². The number of hydrogen-bond donors (Lipinski definition) is 2. The number of rotatable bonds is 4. The molecule has 5 nitrogen and oxygen atoms in total. The second-order valence-corrected chi connectivity index (χ2v) is 5.80. The highest BCUT2D eigenvalue weighted by Crippen LogP contribution is 2.28. The van der Waals surface area contributed by atoms with Gasteiger partial charge in [0.2, 0.25) is 0 Å². The van der Waals surface area contributed by atoms with Crippen LogP contribution in [0.15, 0.2) is 12.3 Å². The molecular formula is C15H21FN4O. The number of carbonyl (C=O) groups is 1. The fourth-order valence-electron chi connectivity index (χ4n) is 3.30. The summed E-state index contributed by atoms with van der Waals surface area (Å²) < 4.78 is 13.4. The zero-order chi connectivity index (χ0) is 14.8. The van der Waals surface area contributed by atoms with E-state index in [0.717, 1.165) is 38.7 Å². The van der Waals surface area contributed by atoms with Crippen LogP contribution in [0.3, 0.4) is 0 Å². The van der Waals surface area contributed by atoms with Crippen LogP contribution in [-0.2, 0) is 0 Å². The van der Waals surface area contributed by atoms with E-state index in [0.29, 0.717) is 18.3 Å². The highest BCUT2D eigenvalue weighted by atomic mass is 19.1. The molecule has 3 fully saturated rings. The number of fused-ring (bicyclic) bond motifs is 3. The maximum atomic E-state index is 13.4. The standard InChI is InChI=1S/C15H21FN4O/c1-2-17-14-12(7-11(16)8-18-14)15(21)19-13-9-20-5-3-10(13)4-6-20/h7-8,10,13H,2-6,9H2,1H3,(H,17,18)(H,19,21). The first-order valence-electron chi connectivity index (χ1n) is 7.60. The number of amides is 1. The number of nitrogens with zero attached hydrogens (tertiary/aromatic N) is 2. The quantitative estimate of drug-likeness (QED) is 0.882. The van der Waals surface area contributed by atoms with Crippen molar-refractivity contribution in [2.24, 2.45) is 5.92 Å². The summed E-state index contributed by atoms with van der Waals surface area (Å²) in [5, 5.41) is 6.07. The number of carbonyl (C=O) groups excluding carboxylic acids is 1. The monoisotopic (exact) mass is 292 g/mol. The zero-order valence-electron chi connectivity index (χ0n) is 12.2. The molecule has 6 heteroatoms. The summed E-state index contributed by atoms with van der Waals surface area (Å²) in [5.74, 6) is 0.258. The van der Waals surface area contributed by atoms with Crippen molar-refractivity contribution in [1.82, 2.24) is 15.2 Å². The normalized spacial score (nSPS) is 27.4. The van der Waals surface area contributed by atoms with Crippen molar-refractivity contribution in [3.8, 4) is 0 Å². The van der Waals surface area contributed by atoms with Crippen LogP contribution in [-0.4, -0.2) is 48.0 Å². The lowest BCUT2D eigenvalue weighted by molar-refractivity contribution is 0.0620. The molecule has 2 N–H and O–H groups in total. The van der Waals surface area contributed by atoms with Gasteiger partial charge in [-0.1, -0.05) is 0 Å². The molecule has 1 atom stereocenters. The van der Waals surface area contributed by atoms with Gasteiger partial charge in [-0.15, -0.1) is 0 Å². The molecule has 114 valence electrons. The molecule has 2 bridgehead atoms. The molecule has 0 spiro atoms. The van der Waals surface area contributed by atoms with Gasteiger partial charge in [0.05, 0.1) is 11.8 Å². The van der Waals surface area contributed by atoms with E-state index in [9.17, 15) is 9.18 Å². The first-order valence-corrected chi connectivity index (χ1v) is 7.60. The van der Waals surface area contributed by atoms with Crippen LogP contribution >= 0.6 is 0 Å². The molecule has 3 aliphatic heterocycles. The largest absolute Gasteiger partial charge is 0.370 e. The van der Waals surface area contributed by atoms with Gasteiger partial charge in [-0.3, -0.25) is 4.79 Å². The fourth-order valence-corrected chi connectivity index (χ4v) is 3.30. The Hall–Kier alpha value is -1.69. The minimum Gasteiger partial charge on any atom is -0.370 e. The molecule has 1 aromatic heterocycles. The number of hydrogen-bond acceptors (Lipinski definition) is 4. The minimum atomic E-state index is -0.490. The van der Waals surface area contributed by atoms with Crippen LogP contribution < -0.4 is 10.6 Å². The number of nitrogens with one attached hydrogen (secondary N) is 2. The molecule has 1 aromatic rings. The van der Waals surface area contributed by atoms with Crippen molar-refractivity contribution in [2.75, 3.05) is 31.5 Å². The third kappa shape index (κ3) is 3.00. The van der Waals surface area contributed by atoms with Crippen molar-refractivity contribution in [1.29, 1.82) is 0 Å². The van der Waals surface area contributed by atoms with Gasteiger partial charge >= 0.3 is 0 Å². The van der Waals surface area contributed by atoms with E-state index >= 15 is 0 Å². The summed E-state index contributed by atoms with van der Waals surface area (Å²) in [4.78, 5) is 18.8. The van der Waals surface area contributed by atoms with E-state index in [4.69, 9.17) is 0 Å². The van der Waals surface area contributed by atoms with Gasteiger partial charge in [0.25, 0.3) is 5.91 Å². The molecule has 0 saturated carbocycles. The number of halogens is 1. The Bertz CT molecular complexity index is 528. The van der Waals surface area contributed by atoms with Gasteiger partial charge in [0.1, 0.15) is 11.6 Å². The van der Waals surface area contributed by atoms with E-state index in [2.05, 4.69) is 20.5 Å². The van der Waals surface area contributed by atoms with Gasteiger partial charge in [-0.25, -0.2) is 9.37 Å². The summed E-state index contributed by atoms with van der Waals surface area (Å²) in [7, 11) is 0. The molecular weight excluding hydrogens is 271 g/mol. The Morgan fingerprint density at radius 3 is 2.86 bits per heavy atom. The predicted molar refractivity (Wildman–Crippen MR) is 78.8 cm³/mol. The lowest BCUT2D eigenvalue weighted by atomic mass is 9.84. The highest BCUT2D eigenvalue weighted by molar-refractivity contribution is 5.98. The van der Waals surface area contributed by atoms with Crippen LogP contribution in [0, 0.1) is 11.7 Å². The maximum absolute atomic E-state index is 13.4. The predicted octanol–water partition coefficient (Wildman–Crippen LogP) is 1.48. The Morgan fingerprint density at radius 2 is 2.24 bits per heavy atom. The summed E-state index contributed by atoms with van der Waals surface area (Å²) in [6.07, 6.45) is 3.39. The van der Waals surface area contributed by atoms with Crippen molar-refractivity contribution in [3.63, 3.8) is 0 Å². The van der Waals surface area contributed by atoms with Crippen LogP contribution in [0.5, 0.6) is 0 Å². The van der Waals surface area contributed by atoms with Crippen molar-refractivity contribution >= 4 is 11.7 Å². The summed E-state index contributed by atoms with van der Waals surface area (Å²) in [6.45, 7) is 5.71. The van der Waals surface area contributed by atoms with E-state index in [1.165, 1.54) is 6.07 Å². The SMILES string of the molecule is CCNc1ncc(F)cc1C(=O)NC1CN2CCC1CC2. The molecule has 3 saturated heterocycles. The van der Waals surface area contributed by atoms with E-state index in [1.807, 2.05) is 6.92 Å². The van der Waals surface area contributed by atoms with Crippen LogP contribution in [0.4, 0.5) is 10.2 Å². The zero-order valence-corrected chi connectivity index (χ0v) is 12.2. The van der Waals surface area contributed by atoms with E-state index in [1.54, 1.807) is 0 Å². The molecule has 1 unspecified atom stereocenters. The fraction of sp³-hybridized carbons (Fsp3) is 0.600. The lowest BCUT2D eigenvalue weighted by Crippen LogP contribution is -2.57. The topological polar surface area (TPSA) is 57.3 Å². The third-order valence-electron chi connectivity index (χ3n) is 4.42. The van der Waals surface area contributed by atoms with Gasteiger partial charge < -0.3 is 15.5 Å². The Kier molecular flexibility index (Phi) is 4.05. The third-order valence-corrected chi connectivity index (χ3v) is 4.42. The minimum absolute atomic E-state index is 0.165. The van der Waals surface area contributed by atoms with E-state index in [-0.39, 0.29) is 17.5 Å². The van der Waals surface area contributed by atoms with Crippen LogP contribution in [0.1, 0.15) is 30.1 Å². The maximum Gasteiger partial charge on any atom is 0.255 e. The molecule has 0 aromatic carbocycles. The Morgan fingerprint density at radius 1 is 1.48 bits per heavy atom. The first kappa shape index (κ1) is 14.3. The average molecular weight is 292 g/mol. The van der Waals surface area contributed by atoms with Crippen molar-refractivity contribution in [3.05, 3.63) is 23.6 Å². The average Bonchev–Trinajstić information content (AvgIpc) is 2.50. The summed E-state index contributed by atoms with van der Waals surface area (Å²) in [6, 6.07) is 1.42. The molecule has 4 heterocycles. The van der Waals surface area contributed by atoms with Crippen molar-refractivity contribution in [2.45, 2.75) is 25.8 Å².